The lowest BCUT2D eigenvalue weighted by atomic mass is 9.85. The average Bonchev–Trinajstić information content (AvgIpc) is 2.13. The molecule has 1 rings (SSSR count). The Morgan fingerprint density at radius 2 is 2.18 bits per heavy atom. The molecule has 1 heterocycles. The smallest absolute Gasteiger partial charge is 0.114 e. The van der Waals surface area contributed by atoms with Gasteiger partial charge >= 0.3 is 0 Å². The maximum Gasteiger partial charge on any atom is 0.114 e. The van der Waals surface area contributed by atoms with Crippen LogP contribution in [0.4, 0.5) is 4.39 Å². The van der Waals surface area contributed by atoms with Gasteiger partial charge in [0.25, 0.3) is 0 Å². The molecule has 0 saturated carbocycles. The van der Waals surface area contributed by atoms with Crippen molar-refractivity contribution in [3.8, 4) is 0 Å². The Balaban J connectivity index is 2.41. The van der Waals surface area contributed by atoms with Gasteiger partial charge in [-0.1, -0.05) is 25.8 Å². The van der Waals surface area contributed by atoms with E-state index in [2.05, 4.69) is 18.2 Å². The van der Waals surface area contributed by atoms with E-state index in [0.29, 0.717) is 18.9 Å². The van der Waals surface area contributed by atoms with Crippen molar-refractivity contribution in [1.29, 1.82) is 0 Å². The molecule has 0 N–H and O–H groups in total. The first-order valence-electron chi connectivity index (χ1n) is 6.52. The molecular weight excluding hydrogens is 237 g/mol. The summed E-state index contributed by atoms with van der Waals surface area (Å²) in [6.45, 7) is 10.1. The molecule has 0 spiro atoms. The highest BCUT2D eigenvalue weighted by atomic mass is 32.2. The fraction of sp³-hybridized carbons (Fsp3) is 1.00. The summed E-state index contributed by atoms with van der Waals surface area (Å²) in [5.41, 5.74) is 0.283. The third kappa shape index (κ3) is 6.63. The Morgan fingerprint density at radius 3 is 2.82 bits per heavy atom. The minimum Gasteiger partial charge on any atom is -0.367 e. The molecule has 0 amide bonds. The van der Waals surface area contributed by atoms with Crippen LogP contribution < -0.4 is 0 Å². The lowest BCUT2D eigenvalue weighted by molar-refractivity contribution is 0.115. The van der Waals surface area contributed by atoms with Crippen LogP contribution in [0.5, 0.6) is 0 Å². The number of hydrogen-bond donors (Lipinski definition) is 0. The van der Waals surface area contributed by atoms with E-state index in [1.165, 1.54) is 0 Å². The van der Waals surface area contributed by atoms with Crippen molar-refractivity contribution < 1.29 is 9.13 Å². The second kappa shape index (κ2) is 6.95. The van der Waals surface area contributed by atoms with Crippen LogP contribution in [0.1, 0.15) is 47.0 Å². The second-order valence-corrected chi connectivity index (χ2v) is 6.95. The van der Waals surface area contributed by atoms with Crippen LogP contribution in [-0.4, -0.2) is 35.6 Å². The Hall–Kier alpha value is 0.200. The first-order valence-corrected chi connectivity index (χ1v) is 7.47. The molecule has 1 fully saturated rings. The third-order valence-corrected chi connectivity index (χ3v) is 3.90. The van der Waals surface area contributed by atoms with Crippen LogP contribution in [0.3, 0.4) is 0 Å². The van der Waals surface area contributed by atoms with Gasteiger partial charge in [0, 0.05) is 13.1 Å². The van der Waals surface area contributed by atoms with Crippen molar-refractivity contribution >= 4 is 11.9 Å². The van der Waals surface area contributed by atoms with Gasteiger partial charge in [-0.3, -0.25) is 0 Å². The number of nitrogens with zero attached hydrogens (tertiary/aromatic N) is 1. The highest BCUT2D eigenvalue weighted by Gasteiger charge is 2.27. The number of alkyl halides is 1. The van der Waals surface area contributed by atoms with Crippen molar-refractivity contribution in [2.24, 2.45) is 5.41 Å². The van der Waals surface area contributed by atoms with Gasteiger partial charge in [0.1, 0.15) is 12.1 Å². The summed E-state index contributed by atoms with van der Waals surface area (Å²) in [5.74, 6) is 0.625. The van der Waals surface area contributed by atoms with Gasteiger partial charge in [-0.05, 0) is 38.5 Å². The Labute approximate surface area is 109 Å². The molecular formula is C13H26FNOS. The zero-order chi connectivity index (χ0) is 12.9. The summed E-state index contributed by atoms with van der Waals surface area (Å²) in [5, 5.41) is 0. The van der Waals surface area contributed by atoms with Gasteiger partial charge in [-0.25, -0.2) is 8.70 Å². The number of hydrogen-bond acceptors (Lipinski definition) is 3. The van der Waals surface area contributed by atoms with Gasteiger partial charge in [0.2, 0.25) is 0 Å². The molecule has 1 atom stereocenters. The van der Waals surface area contributed by atoms with E-state index in [1.807, 2.05) is 13.8 Å². The lowest BCUT2D eigenvalue weighted by Gasteiger charge is -2.35. The van der Waals surface area contributed by atoms with Gasteiger partial charge in [-0.15, -0.1) is 0 Å². The summed E-state index contributed by atoms with van der Waals surface area (Å²) in [4.78, 5) is 0. The average molecular weight is 263 g/mol. The zero-order valence-corrected chi connectivity index (χ0v) is 12.4. The number of rotatable bonds is 4. The number of ether oxygens (including phenoxy) is 1. The van der Waals surface area contributed by atoms with E-state index in [-0.39, 0.29) is 11.5 Å². The van der Waals surface area contributed by atoms with Crippen LogP contribution in [-0.2, 0) is 4.74 Å². The third-order valence-electron chi connectivity index (χ3n) is 3.01. The van der Waals surface area contributed by atoms with Crippen molar-refractivity contribution in [3.05, 3.63) is 0 Å². The van der Waals surface area contributed by atoms with Gasteiger partial charge in [0.15, 0.2) is 0 Å². The minimum absolute atomic E-state index is 0.242. The first-order chi connectivity index (χ1) is 7.89. The minimum atomic E-state index is -0.683. The zero-order valence-electron chi connectivity index (χ0n) is 11.5. The quantitative estimate of drug-likeness (QED) is 0.564. The van der Waals surface area contributed by atoms with Crippen molar-refractivity contribution in [3.63, 3.8) is 0 Å². The van der Waals surface area contributed by atoms with E-state index in [0.717, 1.165) is 19.4 Å². The standard InChI is InChI=1S/C13H26FNOS/c1-11(2)16-10-17-15-8-12(14)6-5-7-13(3,4)9-15/h11-12H,5-10H2,1-4H3/t12-/m1/s1. The maximum absolute atomic E-state index is 13.6. The van der Waals surface area contributed by atoms with E-state index in [1.54, 1.807) is 11.9 Å². The molecule has 0 bridgehead atoms. The topological polar surface area (TPSA) is 12.5 Å². The maximum atomic E-state index is 13.6. The van der Waals surface area contributed by atoms with Gasteiger partial charge in [0.05, 0.1) is 6.10 Å². The Bertz CT molecular complexity index is 223. The number of halogens is 1. The molecule has 0 unspecified atom stereocenters. The predicted molar refractivity (Wildman–Crippen MR) is 72.8 cm³/mol. The summed E-state index contributed by atoms with van der Waals surface area (Å²) in [6.07, 6.45) is 2.38. The van der Waals surface area contributed by atoms with Crippen molar-refractivity contribution in [2.45, 2.75) is 59.2 Å². The summed E-state index contributed by atoms with van der Waals surface area (Å²) in [6, 6.07) is 0. The van der Waals surface area contributed by atoms with E-state index >= 15 is 0 Å². The van der Waals surface area contributed by atoms with Crippen molar-refractivity contribution in [2.75, 3.05) is 19.0 Å². The Morgan fingerprint density at radius 1 is 1.47 bits per heavy atom. The predicted octanol–water partition coefficient (Wildman–Crippen LogP) is 3.87. The largest absolute Gasteiger partial charge is 0.367 e. The fourth-order valence-corrected chi connectivity index (χ4v) is 3.26. The molecule has 17 heavy (non-hydrogen) atoms. The molecule has 2 nitrogen and oxygen atoms in total. The van der Waals surface area contributed by atoms with Crippen molar-refractivity contribution in [1.82, 2.24) is 4.31 Å². The van der Waals surface area contributed by atoms with E-state index in [9.17, 15) is 4.39 Å². The van der Waals surface area contributed by atoms with Crippen LogP contribution in [0.25, 0.3) is 0 Å². The fourth-order valence-electron chi connectivity index (χ4n) is 2.07. The normalized spacial score (nSPS) is 26.8. The molecule has 1 saturated heterocycles. The summed E-state index contributed by atoms with van der Waals surface area (Å²) in [7, 11) is 0. The van der Waals surface area contributed by atoms with Crippen LogP contribution in [0.2, 0.25) is 0 Å². The molecule has 0 aromatic carbocycles. The summed E-state index contributed by atoms with van der Waals surface area (Å²) >= 11 is 1.63. The SMILES string of the molecule is CC(C)OCSN1C[C@H](F)CCCC(C)(C)C1. The molecule has 0 aromatic heterocycles. The second-order valence-electron chi connectivity index (χ2n) is 5.94. The molecule has 1 aliphatic rings. The van der Waals surface area contributed by atoms with E-state index < -0.39 is 6.17 Å². The molecule has 0 radical (unpaired) electrons. The van der Waals surface area contributed by atoms with Crippen LogP contribution >= 0.6 is 11.9 Å². The molecule has 0 aromatic rings. The molecule has 1 aliphatic heterocycles. The summed E-state index contributed by atoms with van der Waals surface area (Å²) < 4.78 is 21.3. The first kappa shape index (κ1) is 15.3. The molecule has 102 valence electrons. The van der Waals surface area contributed by atoms with E-state index in [4.69, 9.17) is 4.74 Å². The monoisotopic (exact) mass is 263 g/mol. The van der Waals surface area contributed by atoms with Crippen LogP contribution in [0, 0.1) is 5.41 Å². The highest BCUT2D eigenvalue weighted by molar-refractivity contribution is 7.96. The Kier molecular flexibility index (Phi) is 6.24. The molecule has 0 aliphatic carbocycles. The lowest BCUT2D eigenvalue weighted by Crippen LogP contribution is -2.36. The van der Waals surface area contributed by atoms with Gasteiger partial charge < -0.3 is 4.74 Å². The van der Waals surface area contributed by atoms with Crippen LogP contribution in [0.15, 0.2) is 0 Å². The highest BCUT2D eigenvalue weighted by Crippen LogP contribution is 2.31. The molecule has 4 heteroatoms. The van der Waals surface area contributed by atoms with Gasteiger partial charge in [-0.2, -0.15) is 0 Å².